The Hall–Kier alpha value is -2.27. The number of carbonyl (C=O) groups excluding carboxylic acids is 2. The van der Waals surface area contributed by atoms with Crippen molar-refractivity contribution in [3.8, 4) is 5.75 Å². The number of hydrogen-bond acceptors (Lipinski definition) is 4. The van der Waals surface area contributed by atoms with Crippen LogP contribution in [-0.2, 0) is 4.79 Å². The first kappa shape index (κ1) is 18.1. The molecule has 126 valence electrons. The Balaban J connectivity index is 1.82. The van der Waals surface area contributed by atoms with Crippen LogP contribution in [0.5, 0.6) is 5.75 Å². The predicted molar refractivity (Wildman–Crippen MR) is 98.0 cm³/mol. The minimum absolute atomic E-state index is 0.0501. The summed E-state index contributed by atoms with van der Waals surface area (Å²) in [5.41, 5.74) is 1.34. The standard InChI is InChI=1S/C19H21NO3S/c1-3-23-16-8-4-14(5-9-16)18(21)12-13-19(22)20-15-6-10-17(24-2)11-7-15/h4-11H,3,12-13H2,1-2H3,(H,20,22). The second-order valence-corrected chi connectivity index (χ2v) is 6.04. The SMILES string of the molecule is CCOc1ccc(C(=O)CCC(=O)Nc2ccc(SC)cc2)cc1. The number of thioether (sulfide) groups is 1. The lowest BCUT2D eigenvalue weighted by atomic mass is 10.1. The summed E-state index contributed by atoms with van der Waals surface area (Å²) in [5, 5.41) is 2.81. The summed E-state index contributed by atoms with van der Waals surface area (Å²) in [7, 11) is 0. The van der Waals surface area contributed by atoms with Crippen LogP contribution >= 0.6 is 11.8 Å². The quantitative estimate of drug-likeness (QED) is 0.570. The molecular weight excluding hydrogens is 322 g/mol. The van der Waals surface area contributed by atoms with Crippen LogP contribution in [0.4, 0.5) is 5.69 Å². The molecule has 0 fully saturated rings. The summed E-state index contributed by atoms with van der Waals surface area (Å²) < 4.78 is 5.34. The summed E-state index contributed by atoms with van der Waals surface area (Å²) in [5.74, 6) is 0.526. The molecule has 0 atom stereocenters. The van der Waals surface area contributed by atoms with E-state index >= 15 is 0 Å². The van der Waals surface area contributed by atoms with Gasteiger partial charge in [0.25, 0.3) is 0 Å². The number of rotatable bonds is 8. The highest BCUT2D eigenvalue weighted by Gasteiger charge is 2.10. The number of carbonyl (C=O) groups is 2. The van der Waals surface area contributed by atoms with Crippen LogP contribution in [0.25, 0.3) is 0 Å². The molecule has 24 heavy (non-hydrogen) atoms. The van der Waals surface area contributed by atoms with Gasteiger partial charge in [-0.15, -0.1) is 11.8 Å². The van der Waals surface area contributed by atoms with Gasteiger partial charge in [0.15, 0.2) is 5.78 Å². The molecule has 0 heterocycles. The van der Waals surface area contributed by atoms with Gasteiger partial charge in [-0.1, -0.05) is 0 Å². The summed E-state index contributed by atoms with van der Waals surface area (Å²) >= 11 is 1.65. The normalized spacial score (nSPS) is 10.2. The third-order valence-corrected chi connectivity index (χ3v) is 4.18. The van der Waals surface area contributed by atoms with E-state index in [1.54, 1.807) is 36.0 Å². The summed E-state index contributed by atoms with van der Waals surface area (Å²) in [6.45, 7) is 2.50. The van der Waals surface area contributed by atoms with E-state index in [1.807, 2.05) is 37.4 Å². The lowest BCUT2D eigenvalue weighted by molar-refractivity contribution is -0.116. The molecule has 2 aromatic rings. The van der Waals surface area contributed by atoms with E-state index < -0.39 is 0 Å². The van der Waals surface area contributed by atoms with Crippen molar-refractivity contribution in [2.75, 3.05) is 18.2 Å². The van der Waals surface area contributed by atoms with Crippen LogP contribution in [-0.4, -0.2) is 24.6 Å². The molecular formula is C19H21NO3S. The van der Waals surface area contributed by atoms with Gasteiger partial charge in [0.2, 0.25) is 5.91 Å². The van der Waals surface area contributed by atoms with Crippen molar-refractivity contribution in [1.82, 2.24) is 0 Å². The van der Waals surface area contributed by atoms with Crippen molar-refractivity contribution in [2.24, 2.45) is 0 Å². The van der Waals surface area contributed by atoms with Crippen LogP contribution in [0.1, 0.15) is 30.1 Å². The zero-order valence-corrected chi connectivity index (χ0v) is 14.7. The number of hydrogen-bond donors (Lipinski definition) is 1. The zero-order valence-electron chi connectivity index (χ0n) is 13.9. The maximum absolute atomic E-state index is 12.1. The van der Waals surface area contributed by atoms with Gasteiger partial charge in [0.1, 0.15) is 5.75 Å². The number of amides is 1. The molecule has 0 aliphatic heterocycles. The maximum atomic E-state index is 12.1. The van der Waals surface area contributed by atoms with E-state index in [1.165, 1.54) is 0 Å². The lowest BCUT2D eigenvalue weighted by Crippen LogP contribution is -2.13. The summed E-state index contributed by atoms with van der Waals surface area (Å²) in [6.07, 6.45) is 2.35. The third-order valence-electron chi connectivity index (χ3n) is 3.44. The molecule has 0 aromatic heterocycles. The second kappa shape index (κ2) is 9.13. The van der Waals surface area contributed by atoms with E-state index in [0.29, 0.717) is 12.2 Å². The first-order chi connectivity index (χ1) is 11.6. The van der Waals surface area contributed by atoms with Crippen LogP contribution in [0.2, 0.25) is 0 Å². The Kier molecular flexibility index (Phi) is 6.88. The lowest BCUT2D eigenvalue weighted by Gasteiger charge is -2.06. The molecule has 0 bridgehead atoms. The minimum atomic E-state index is -0.161. The number of ketones is 1. The highest BCUT2D eigenvalue weighted by atomic mass is 32.2. The van der Waals surface area contributed by atoms with E-state index in [2.05, 4.69) is 5.32 Å². The van der Waals surface area contributed by atoms with Crippen molar-refractivity contribution >= 4 is 29.1 Å². The summed E-state index contributed by atoms with van der Waals surface area (Å²) in [6, 6.07) is 14.6. The minimum Gasteiger partial charge on any atom is -0.494 e. The van der Waals surface area contributed by atoms with Crippen molar-refractivity contribution < 1.29 is 14.3 Å². The largest absolute Gasteiger partial charge is 0.494 e. The molecule has 5 heteroatoms. The van der Waals surface area contributed by atoms with Crippen molar-refractivity contribution in [3.05, 3.63) is 54.1 Å². The van der Waals surface area contributed by atoms with Gasteiger partial charge in [-0.05, 0) is 61.7 Å². The van der Waals surface area contributed by atoms with Gasteiger partial charge in [0, 0.05) is 29.0 Å². The Morgan fingerprint density at radius 2 is 1.67 bits per heavy atom. The Morgan fingerprint density at radius 3 is 2.25 bits per heavy atom. The number of benzene rings is 2. The molecule has 0 aliphatic rings. The second-order valence-electron chi connectivity index (χ2n) is 5.16. The van der Waals surface area contributed by atoms with Crippen molar-refractivity contribution in [3.63, 3.8) is 0 Å². The van der Waals surface area contributed by atoms with Crippen molar-refractivity contribution in [1.29, 1.82) is 0 Å². The first-order valence-electron chi connectivity index (χ1n) is 7.82. The summed E-state index contributed by atoms with van der Waals surface area (Å²) in [4.78, 5) is 25.2. The van der Waals surface area contributed by atoms with Gasteiger partial charge < -0.3 is 10.1 Å². The van der Waals surface area contributed by atoms with Gasteiger partial charge in [-0.2, -0.15) is 0 Å². The van der Waals surface area contributed by atoms with Gasteiger partial charge in [-0.25, -0.2) is 0 Å². The highest BCUT2D eigenvalue weighted by Crippen LogP contribution is 2.18. The van der Waals surface area contributed by atoms with E-state index in [4.69, 9.17) is 4.74 Å². The van der Waals surface area contributed by atoms with E-state index in [-0.39, 0.29) is 24.5 Å². The molecule has 1 N–H and O–H groups in total. The smallest absolute Gasteiger partial charge is 0.224 e. The fourth-order valence-electron chi connectivity index (χ4n) is 2.17. The Labute approximate surface area is 146 Å². The topological polar surface area (TPSA) is 55.4 Å². The van der Waals surface area contributed by atoms with E-state index in [9.17, 15) is 9.59 Å². The highest BCUT2D eigenvalue weighted by molar-refractivity contribution is 7.98. The average molecular weight is 343 g/mol. The molecule has 0 radical (unpaired) electrons. The zero-order chi connectivity index (χ0) is 17.4. The molecule has 1 amide bonds. The fraction of sp³-hybridized carbons (Fsp3) is 0.263. The fourth-order valence-corrected chi connectivity index (χ4v) is 2.58. The molecule has 2 rings (SSSR count). The average Bonchev–Trinajstić information content (AvgIpc) is 2.61. The number of ether oxygens (including phenoxy) is 1. The van der Waals surface area contributed by atoms with Crippen LogP contribution in [0.3, 0.4) is 0 Å². The molecule has 2 aromatic carbocycles. The number of nitrogens with one attached hydrogen (secondary N) is 1. The molecule has 0 unspecified atom stereocenters. The van der Waals surface area contributed by atoms with Crippen LogP contribution in [0, 0.1) is 0 Å². The number of anilines is 1. The molecule has 0 saturated carbocycles. The Morgan fingerprint density at radius 1 is 1.00 bits per heavy atom. The molecule has 0 aliphatic carbocycles. The number of Topliss-reactive ketones (excluding diaryl/α,β-unsaturated/α-hetero) is 1. The van der Waals surface area contributed by atoms with E-state index in [0.717, 1.165) is 16.3 Å². The maximum Gasteiger partial charge on any atom is 0.224 e. The van der Waals surface area contributed by atoms with Crippen LogP contribution in [0.15, 0.2) is 53.4 Å². The predicted octanol–water partition coefficient (Wildman–Crippen LogP) is 4.41. The monoisotopic (exact) mass is 343 g/mol. The molecule has 0 saturated heterocycles. The first-order valence-corrected chi connectivity index (χ1v) is 9.05. The van der Waals surface area contributed by atoms with Crippen LogP contribution < -0.4 is 10.1 Å². The van der Waals surface area contributed by atoms with Crippen molar-refractivity contribution in [2.45, 2.75) is 24.7 Å². The van der Waals surface area contributed by atoms with Gasteiger partial charge >= 0.3 is 0 Å². The Bertz CT molecular complexity index is 681. The third kappa shape index (κ3) is 5.42. The van der Waals surface area contributed by atoms with Gasteiger partial charge in [0.05, 0.1) is 6.61 Å². The van der Waals surface area contributed by atoms with Gasteiger partial charge in [-0.3, -0.25) is 9.59 Å². The molecule has 4 nitrogen and oxygen atoms in total. The molecule has 0 spiro atoms.